The average Bonchev–Trinajstić information content (AvgIpc) is 2.46. The Balaban J connectivity index is -0.0000000824. The summed E-state index contributed by atoms with van der Waals surface area (Å²) in [6.45, 7) is 0. The molecule has 0 saturated heterocycles. The molecule has 1 aromatic carbocycles. The Bertz CT molecular complexity index is 645. The van der Waals surface area contributed by atoms with Crippen molar-refractivity contribution < 1.29 is 202 Å². The van der Waals surface area contributed by atoms with Crippen LogP contribution in [0, 0.1) is 0 Å². The van der Waals surface area contributed by atoms with Crippen molar-refractivity contribution in [2.75, 3.05) is 0 Å². The van der Waals surface area contributed by atoms with Crippen LogP contribution in [-0.2, 0) is 14.4 Å². The fraction of sp³-hybridized carbons (Fsp3) is 0.214. The zero-order valence-corrected chi connectivity index (χ0v) is 27.3. The number of benzene rings is 1. The predicted octanol–water partition coefficient (Wildman–Crippen LogP) is -21.8. The Morgan fingerprint density at radius 3 is 1.00 bits per heavy atom. The first-order valence-corrected chi connectivity index (χ1v) is 6.25. The van der Waals surface area contributed by atoms with Crippen LogP contribution in [0.5, 0.6) is 0 Å². The molecule has 0 atom stereocenters. The first-order chi connectivity index (χ1) is 11.4. The van der Waals surface area contributed by atoms with E-state index in [4.69, 9.17) is 5.11 Å². The molecule has 136 valence electrons. The van der Waals surface area contributed by atoms with Crippen LogP contribution in [0.25, 0.3) is 0 Å². The summed E-state index contributed by atoms with van der Waals surface area (Å²) in [7, 11) is 0. The maximum atomic E-state index is 10.2. The molecule has 0 bridgehead atoms. The molecule has 0 radical (unpaired) electrons. The van der Waals surface area contributed by atoms with Crippen LogP contribution in [0.1, 0.15) is 33.6 Å². The Hall–Kier alpha value is 1.53. The van der Waals surface area contributed by atoms with E-state index < -0.39 is 48.3 Å². The summed E-state index contributed by atoms with van der Waals surface area (Å²) in [6, 6.07) is 4.61. The third-order valence-corrected chi connectivity index (χ3v) is 2.61. The van der Waals surface area contributed by atoms with Crippen LogP contribution in [0.2, 0.25) is 0 Å². The fourth-order valence-corrected chi connectivity index (χ4v) is 1.43. The van der Waals surface area contributed by atoms with Crippen LogP contribution in [0.4, 0.5) is 0 Å². The number of rotatable bonds is 7. The molecule has 0 heterocycles. The van der Waals surface area contributed by atoms with E-state index in [1.54, 1.807) is 0 Å². The summed E-state index contributed by atoms with van der Waals surface area (Å²) >= 11 is 0. The van der Waals surface area contributed by atoms with Gasteiger partial charge in [-0.2, -0.15) is 0 Å². The van der Waals surface area contributed by atoms with E-state index in [1.807, 2.05) is 0 Å². The molecule has 0 saturated carbocycles. The van der Waals surface area contributed by atoms with E-state index in [0.717, 1.165) is 24.3 Å². The van der Waals surface area contributed by atoms with E-state index in [2.05, 4.69) is 0 Å². The van der Waals surface area contributed by atoms with Gasteiger partial charge in [0.25, 0.3) is 0 Å². The summed E-state index contributed by atoms with van der Waals surface area (Å²) in [4.78, 5) is 50.4. The number of hydrogen-bond donors (Lipinski definition) is 1. The zero-order valence-electron chi connectivity index (χ0n) is 17.3. The second-order valence-corrected chi connectivity index (χ2v) is 4.57. The first-order valence-electron chi connectivity index (χ1n) is 6.25. The molecule has 0 spiro atoms. The number of hydrogen-bond acceptors (Lipinski definition) is 11. The van der Waals surface area contributed by atoms with Crippen molar-refractivity contribution in [2.24, 2.45) is 0 Å². The molecule has 0 aromatic heterocycles. The van der Waals surface area contributed by atoms with Crippen molar-refractivity contribution in [1.29, 1.82) is 0 Å². The van der Waals surface area contributed by atoms with Gasteiger partial charge in [0, 0.05) is 24.8 Å². The van der Waals surface area contributed by atoms with Gasteiger partial charge in [-0.15, -0.1) is 0 Å². The summed E-state index contributed by atoms with van der Waals surface area (Å²) in [5.74, 6) is -8.65. The smallest absolute Gasteiger partial charge is 0.550 e. The summed E-state index contributed by atoms with van der Waals surface area (Å²) < 4.78 is 0. The Kier molecular flexibility index (Phi) is 33.6. The van der Waals surface area contributed by atoms with Crippen molar-refractivity contribution in [2.45, 2.75) is 18.4 Å². The van der Waals surface area contributed by atoms with E-state index in [-0.39, 0.29) is 159 Å². The van der Waals surface area contributed by atoms with Crippen LogP contribution in [-0.4, -0.2) is 40.6 Å². The molecule has 0 aliphatic heterocycles. The fourth-order valence-electron chi connectivity index (χ4n) is 1.43. The number of aliphatic carboxylic acids is 3. The minimum atomic E-state index is -2.97. The van der Waals surface area contributed by atoms with Gasteiger partial charge in [-0.1, -0.05) is 24.3 Å². The topological polar surface area (TPSA) is 221 Å². The number of aromatic carboxylic acids is 2. The Morgan fingerprint density at radius 1 is 0.633 bits per heavy atom. The quantitative estimate of drug-likeness (QED) is 0.370. The normalized spacial score (nSPS) is 8.43. The summed E-state index contributed by atoms with van der Waals surface area (Å²) in [6.07, 6.45) is -2.72. The number of aliphatic hydroxyl groups is 1. The van der Waals surface area contributed by atoms with Crippen molar-refractivity contribution >= 4 is 29.8 Å². The largest absolute Gasteiger partial charge is 1.00 e. The molecule has 11 nitrogen and oxygen atoms in total. The maximum Gasteiger partial charge on any atom is 1.00 e. The maximum absolute atomic E-state index is 10.2. The van der Waals surface area contributed by atoms with Crippen LogP contribution < -0.4 is 173 Å². The van der Waals surface area contributed by atoms with Crippen molar-refractivity contribution in [1.82, 2.24) is 0 Å². The Morgan fingerprint density at radius 2 is 0.867 bits per heavy atom. The molecular formula is C14H9Na5O11. The molecule has 0 amide bonds. The SMILES string of the molecule is O=C([O-])CC(O)(CC(=O)[O-])C(=O)[O-].O=C([O-])c1ccc(C(=O)[O-])cc1.[Na+].[Na+].[Na+].[Na+].[Na+]. The van der Waals surface area contributed by atoms with E-state index >= 15 is 0 Å². The van der Waals surface area contributed by atoms with Crippen molar-refractivity contribution in [3.8, 4) is 0 Å². The van der Waals surface area contributed by atoms with Crippen molar-refractivity contribution in [3.05, 3.63) is 35.4 Å². The van der Waals surface area contributed by atoms with Crippen LogP contribution in [0.15, 0.2) is 24.3 Å². The van der Waals surface area contributed by atoms with E-state index in [1.165, 1.54) is 0 Å². The monoisotopic (exact) mass is 468 g/mol. The summed E-state index contributed by atoms with van der Waals surface area (Å²) in [5, 5.41) is 59.3. The van der Waals surface area contributed by atoms with Gasteiger partial charge in [0.2, 0.25) is 0 Å². The van der Waals surface area contributed by atoms with Crippen LogP contribution in [0.3, 0.4) is 0 Å². The standard InChI is InChI=1S/C8H6O4.C6H8O7.5Na/c9-7(10)5-1-2-6(4-3-5)8(11)12;7-3(8)1-6(13,5(11)12)2-4(9)10;;;;;/h1-4H,(H,9,10)(H,11,12);13H,1-2H2,(H,7,8)(H,9,10)(H,11,12);;;;;/q;;5*+1/p-5. The second kappa shape index (κ2) is 22.3. The molecule has 1 aromatic rings. The zero-order chi connectivity index (χ0) is 19.8. The predicted molar refractivity (Wildman–Crippen MR) is 64.3 cm³/mol. The number of carboxylic acid groups (broad SMARTS) is 5. The van der Waals surface area contributed by atoms with Gasteiger partial charge < -0.3 is 54.6 Å². The van der Waals surface area contributed by atoms with Gasteiger partial charge in [0.05, 0.1) is 17.9 Å². The van der Waals surface area contributed by atoms with Gasteiger partial charge in [-0.3, -0.25) is 0 Å². The molecule has 30 heavy (non-hydrogen) atoms. The third-order valence-electron chi connectivity index (χ3n) is 2.61. The van der Waals surface area contributed by atoms with Crippen LogP contribution >= 0.6 is 0 Å². The number of carboxylic acids is 5. The van der Waals surface area contributed by atoms with E-state index in [0.29, 0.717) is 0 Å². The number of carbonyl (C=O) groups excluding carboxylic acids is 5. The summed E-state index contributed by atoms with van der Waals surface area (Å²) in [5.41, 5.74) is -3.09. The molecular weight excluding hydrogens is 459 g/mol. The van der Waals surface area contributed by atoms with Gasteiger partial charge in [0.15, 0.2) is 0 Å². The first kappa shape index (κ1) is 45.1. The molecule has 0 aliphatic rings. The molecule has 1 N–H and O–H groups in total. The van der Waals surface area contributed by atoms with Gasteiger partial charge in [-0.05, 0) is 11.1 Å². The molecule has 1 rings (SSSR count). The average molecular weight is 468 g/mol. The van der Waals surface area contributed by atoms with Crippen molar-refractivity contribution in [3.63, 3.8) is 0 Å². The minimum Gasteiger partial charge on any atom is -0.550 e. The third kappa shape index (κ3) is 19.0. The van der Waals surface area contributed by atoms with Gasteiger partial charge in [-0.25, -0.2) is 0 Å². The van der Waals surface area contributed by atoms with Gasteiger partial charge >= 0.3 is 148 Å². The second-order valence-electron chi connectivity index (χ2n) is 4.57. The molecule has 0 fully saturated rings. The Labute approximate surface area is 281 Å². The van der Waals surface area contributed by atoms with E-state index in [9.17, 15) is 49.5 Å². The molecule has 0 aliphatic carbocycles. The molecule has 16 heteroatoms. The van der Waals surface area contributed by atoms with Gasteiger partial charge in [0.1, 0.15) is 5.60 Å². The molecule has 0 unspecified atom stereocenters. The number of carbonyl (C=O) groups is 5. The minimum absolute atomic E-state index is 0.